The standard InChI is InChI=1S/C17H17ClO5/c1-2-3-4-5-12(19)9-6-10-7-11(18)15(21)17(23)14(10)16(22)13(20)8-9/h6-8,21,23H,2-5H2,1H3,(H,20,22). The van der Waals surface area contributed by atoms with E-state index in [-0.39, 0.29) is 27.1 Å². The van der Waals surface area contributed by atoms with Crippen molar-refractivity contribution in [3.63, 3.8) is 0 Å². The maximum absolute atomic E-state index is 12.2. The molecule has 0 radical (unpaired) electrons. The topological polar surface area (TPSA) is 94.8 Å². The third-order valence-electron chi connectivity index (χ3n) is 3.65. The molecule has 0 heterocycles. The Kier molecular flexibility index (Phi) is 5.11. The van der Waals surface area contributed by atoms with Gasteiger partial charge in [-0.2, -0.15) is 0 Å². The molecular weight excluding hydrogens is 320 g/mol. The van der Waals surface area contributed by atoms with E-state index in [0.717, 1.165) is 18.9 Å². The zero-order valence-corrected chi connectivity index (χ0v) is 13.4. The summed E-state index contributed by atoms with van der Waals surface area (Å²) in [5.74, 6) is -2.24. The van der Waals surface area contributed by atoms with Crippen LogP contribution < -0.4 is 5.43 Å². The minimum atomic E-state index is -0.878. The fourth-order valence-electron chi connectivity index (χ4n) is 2.39. The van der Waals surface area contributed by atoms with E-state index in [4.69, 9.17) is 11.6 Å². The number of carbonyl (C=O) groups is 1. The van der Waals surface area contributed by atoms with Crippen molar-refractivity contribution >= 4 is 28.2 Å². The van der Waals surface area contributed by atoms with Gasteiger partial charge in [0.25, 0.3) is 0 Å². The predicted octanol–water partition coefficient (Wildman–Crippen LogP) is 3.73. The van der Waals surface area contributed by atoms with Crippen molar-refractivity contribution in [2.24, 2.45) is 0 Å². The molecule has 0 aromatic heterocycles. The molecule has 0 bridgehead atoms. The highest BCUT2D eigenvalue weighted by Gasteiger charge is 2.17. The van der Waals surface area contributed by atoms with Gasteiger partial charge in [0.1, 0.15) is 0 Å². The van der Waals surface area contributed by atoms with Crippen LogP contribution in [0.15, 0.2) is 23.0 Å². The summed E-state index contributed by atoms with van der Waals surface area (Å²) < 4.78 is 0. The van der Waals surface area contributed by atoms with Gasteiger partial charge in [-0.1, -0.05) is 31.4 Å². The molecule has 0 atom stereocenters. The molecule has 0 aliphatic heterocycles. The number of halogens is 1. The SMILES string of the molecule is CCCCCC(=O)c1cc(O)c(=O)c2c(O)c(O)c(Cl)cc2c1. The van der Waals surface area contributed by atoms with Gasteiger partial charge < -0.3 is 15.3 Å². The number of carbonyl (C=O) groups excluding carboxylic acids is 1. The average molecular weight is 337 g/mol. The molecule has 3 N–H and O–H groups in total. The lowest BCUT2D eigenvalue weighted by molar-refractivity contribution is 0.0979. The number of fused-ring (bicyclic) bond motifs is 1. The molecule has 0 amide bonds. The summed E-state index contributed by atoms with van der Waals surface area (Å²) in [5, 5.41) is 29.2. The van der Waals surface area contributed by atoms with E-state index in [9.17, 15) is 24.9 Å². The van der Waals surface area contributed by atoms with E-state index in [0.29, 0.717) is 12.8 Å². The van der Waals surface area contributed by atoms with Crippen LogP contribution in [0.25, 0.3) is 10.8 Å². The fraction of sp³-hybridized carbons (Fsp3) is 0.294. The molecule has 5 nitrogen and oxygen atoms in total. The Balaban J connectivity index is 2.67. The smallest absolute Gasteiger partial charge is 0.231 e. The number of rotatable bonds is 5. The molecule has 0 saturated heterocycles. The monoisotopic (exact) mass is 336 g/mol. The number of benzene rings is 1. The number of phenols is 2. The highest BCUT2D eigenvalue weighted by Crippen LogP contribution is 2.38. The first kappa shape index (κ1) is 17.1. The van der Waals surface area contributed by atoms with Crippen LogP contribution in [0, 0.1) is 0 Å². The molecular formula is C17H17ClO5. The van der Waals surface area contributed by atoms with Gasteiger partial charge in [0.2, 0.25) is 5.43 Å². The van der Waals surface area contributed by atoms with Gasteiger partial charge in [0.05, 0.1) is 10.4 Å². The molecule has 122 valence electrons. The van der Waals surface area contributed by atoms with Crippen LogP contribution in [0.1, 0.15) is 43.0 Å². The summed E-state index contributed by atoms with van der Waals surface area (Å²) in [7, 11) is 0. The number of aromatic hydroxyl groups is 3. The second-order valence-electron chi connectivity index (χ2n) is 5.36. The van der Waals surface area contributed by atoms with Crippen molar-refractivity contribution in [1.29, 1.82) is 0 Å². The van der Waals surface area contributed by atoms with E-state index in [2.05, 4.69) is 0 Å². The quantitative estimate of drug-likeness (QED) is 0.439. The molecule has 0 aliphatic rings. The van der Waals surface area contributed by atoms with Crippen molar-refractivity contribution in [2.75, 3.05) is 0 Å². The molecule has 6 heteroatoms. The van der Waals surface area contributed by atoms with Crippen molar-refractivity contribution in [2.45, 2.75) is 32.6 Å². The molecule has 0 saturated carbocycles. The number of Topliss-reactive ketones (excluding diaryl/α,β-unsaturated/α-hetero) is 1. The van der Waals surface area contributed by atoms with Crippen molar-refractivity contribution in [3.8, 4) is 17.2 Å². The average Bonchev–Trinajstić information content (AvgIpc) is 2.63. The van der Waals surface area contributed by atoms with Crippen LogP contribution in [0.2, 0.25) is 5.02 Å². The van der Waals surface area contributed by atoms with E-state index in [1.165, 1.54) is 12.1 Å². The Morgan fingerprint density at radius 1 is 1.09 bits per heavy atom. The van der Waals surface area contributed by atoms with Crippen LogP contribution in [0.4, 0.5) is 0 Å². The molecule has 0 aliphatic carbocycles. The van der Waals surface area contributed by atoms with E-state index in [1.807, 2.05) is 6.92 Å². The minimum absolute atomic E-state index is 0.149. The molecule has 2 aromatic carbocycles. The van der Waals surface area contributed by atoms with Gasteiger partial charge in [-0.15, -0.1) is 0 Å². The zero-order chi connectivity index (χ0) is 17.1. The summed E-state index contributed by atoms with van der Waals surface area (Å²) in [6.07, 6.45) is 2.89. The lowest BCUT2D eigenvalue weighted by Crippen LogP contribution is -1.98. The molecule has 2 aromatic rings. The van der Waals surface area contributed by atoms with Gasteiger partial charge in [-0.3, -0.25) is 9.59 Å². The highest BCUT2D eigenvalue weighted by atomic mass is 35.5. The third kappa shape index (κ3) is 3.40. The first-order valence-electron chi connectivity index (χ1n) is 7.31. The summed E-state index contributed by atoms with van der Waals surface area (Å²) >= 11 is 5.80. The van der Waals surface area contributed by atoms with E-state index in [1.54, 1.807) is 0 Å². The highest BCUT2D eigenvalue weighted by molar-refractivity contribution is 6.33. The number of unbranched alkanes of at least 4 members (excludes halogenated alkanes) is 2. The number of ketones is 1. The first-order chi connectivity index (χ1) is 10.9. The maximum Gasteiger partial charge on any atom is 0.231 e. The van der Waals surface area contributed by atoms with Gasteiger partial charge >= 0.3 is 0 Å². The normalized spacial score (nSPS) is 10.9. The van der Waals surface area contributed by atoms with Gasteiger partial charge in [-0.25, -0.2) is 0 Å². The van der Waals surface area contributed by atoms with Crippen LogP contribution >= 0.6 is 11.6 Å². The van der Waals surface area contributed by atoms with Crippen molar-refractivity contribution < 1.29 is 20.1 Å². The molecule has 0 spiro atoms. The zero-order valence-electron chi connectivity index (χ0n) is 12.6. The largest absolute Gasteiger partial charge is 0.504 e. The Morgan fingerprint density at radius 2 is 1.78 bits per heavy atom. The Labute approximate surface area is 137 Å². The van der Waals surface area contributed by atoms with Crippen LogP contribution in [0.5, 0.6) is 17.2 Å². The van der Waals surface area contributed by atoms with E-state index >= 15 is 0 Å². The summed E-state index contributed by atoms with van der Waals surface area (Å²) in [6, 6.07) is 3.74. The Morgan fingerprint density at radius 3 is 2.43 bits per heavy atom. The first-order valence-corrected chi connectivity index (χ1v) is 7.69. The number of hydrogen-bond donors (Lipinski definition) is 3. The summed E-state index contributed by atoms with van der Waals surface area (Å²) in [5.41, 5.74) is -0.719. The van der Waals surface area contributed by atoms with Crippen LogP contribution in [0.3, 0.4) is 0 Å². The molecule has 0 unspecified atom stereocenters. The van der Waals surface area contributed by atoms with E-state index < -0.39 is 22.7 Å². The van der Waals surface area contributed by atoms with Crippen molar-refractivity contribution in [1.82, 2.24) is 0 Å². The van der Waals surface area contributed by atoms with Gasteiger partial charge in [0, 0.05) is 12.0 Å². The van der Waals surface area contributed by atoms with Crippen molar-refractivity contribution in [3.05, 3.63) is 39.0 Å². The fourth-order valence-corrected chi connectivity index (χ4v) is 2.60. The predicted molar refractivity (Wildman–Crippen MR) is 88.7 cm³/mol. The molecule has 2 rings (SSSR count). The maximum atomic E-state index is 12.2. The Bertz CT molecular complexity index is 829. The molecule has 0 fully saturated rings. The van der Waals surface area contributed by atoms with Crippen LogP contribution in [-0.4, -0.2) is 21.1 Å². The minimum Gasteiger partial charge on any atom is -0.504 e. The summed E-state index contributed by atoms with van der Waals surface area (Å²) in [6.45, 7) is 2.02. The lowest BCUT2D eigenvalue weighted by Gasteiger charge is -2.03. The molecule has 23 heavy (non-hydrogen) atoms. The van der Waals surface area contributed by atoms with Gasteiger partial charge in [-0.05, 0) is 30.0 Å². The number of phenolic OH excluding ortho intramolecular Hbond substituents is 2. The summed E-state index contributed by atoms with van der Waals surface area (Å²) in [4.78, 5) is 24.4. The third-order valence-corrected chi connectivity index (χ3v) is 3.94. The van der Waals surface area contributed by atoms with Gasteiger partial charge in [0.15, 0.2) is 23.0 Å². The van der Waals surface area contributed by atoms with Crippen LogP contribution in [-0.2, 0) is 0 Å². The second kappa shape index (κ2) is 6.87. The number of hydrogen-bond acceptors (Lipinski definition) is 5. The second-order valence-corrected chi connectivity index (χ2v) is 5.77. The Hall–Kier alpha value is -2.27. The lowest BCUT2D eigenvalue weighted by atomic mass is 10.0.